The Kier molecular flexibility index (Phi) is 8.82. The predicted molar refractivity (Wildman–Crippen MR) is 124 cm³/mol. The summed E-state index contributed by atoms with van der Waals surface area (Å²) in [6, 6.07) is 15.1. The minimum absolute atomic E-state index is 0. The first-order chi connectivity index (χ1) is 13.2. The highest BCUT2D eigenvalue weighted by atomic mass is 127. The van der Waals surface area contributed by atoms with Gasteiger partial charge in [0.25, 0.3) is 0 Å². The number of piperidine rings is 1. The van der Waals surface area contributed by atoms with Crippen LogP contribution < -0.4 is 10.6 Å². The van der Waals surface area contributed by atoms with E-state index >= 15 is 0 Å². The summed E-state index contributed by atoms with van der Waals surface area (Å²) in [5.74, 6) is 0.789. The van der Waals surface area contributed by atoms with Crippen LogP contribution in [-0.4, -0.2) is 49.7 Å². The molecule has 1 fully saturated rings. The van der Waals surface area contributed by atoms with Gasteiger partial charge < -0.3 is 20.3 Å². The normalized spacial score (nSPS) is 15.1. The molecule has 0 spiro atoms. The molecule has 152 valence electrons. The average Bonchev–Trinajstić information content (AvgIpc) is 2.71. The highest BCUT2D eigenvalue weighted by Crippen LogP contribution is 2.18. The molecule has 0 radical (unpaired) electrons. The lowest BCUT2D eigenvalue weighted by molar-refractivity contribution is 0.0963. The first-order valence-corrected chi connectivity index (χ1v) is 9.56. The van der Waals surface area contributed by atoms with E-state index in [-0.39, 0.29) is 30.1 Å². The molecule has 0 bridgehead atoms. The second kappa shape index (κ2) is 11.1. The Morgan fingerprint density at radius 2 is 1.89 bits per heavy atom. The molecule has 28 heavy (non-hydrogen) atoms. The SMILES string of the molecule is CCOC(=O)N1CCC(NC(=NC)NCc2cccc3ccccc23)CC1.I. The molecule has 1 amide bonds. The third-order valence-corrected chi connectivity index (χ3v) is 4.91. The number of aliphatic imine (C=N–C) groups is 1. The molecular weight excluding hydrogens is 467 g/mol. The number of nitrogens with zero attached hydrogens (tertiary/aromatic N) is 2. The van der Waals surface area contributed by atoms with Gasteiger partial charge >= 0.3 is 6.09 Å². The second-order valence-electron chi connectivity index (χ2n) is 6.67. The molecule has 0 unspecified atom stereocenters. The standard InChI is InChI=1S/C21H28N4O2.HI/c1-3-27-21(26)25-13-11-18(12-14-25)24-20(22-2)23-15-17-9-6-8-16-7-4-5-10-19(16)17;/h4-10,18H,3,11-15H2,1-2H3,(H2,22,23,24);1H. The van der Waals surface area contributed by atoms with Gasteiger partial charge in [0, 0.05) is 32.7 Å². The van der Waals surface area contributed by atoms with Crippen molar-refractivity contribution in [3.8, 4) is 0 Å². The summed E-state index contributed by atoms with van der Waals surface area (Å²) in [6.45, 7) is 4.37. The van der Waals surface area contributed by atoms with Crippen LogP contribution >= 0.6 is 24.0 Å². The summed E-state index contributed by atoms with van der Waals surface area (Å²) >= 11 is 0. The second-order valence-corrected chi connectivity index (χ2v) is 6.67. The van der Waals surface area contributed by atoms with Crippen molar-refractivity contribution in [2.75, 3.05) is 26.7 Å². The van der Waals surface area contributed by atoms with Gasteiger partial charge in [-0.3, -0.25) is 4.99 Å². The van der Waals surface area contributed by atoms with Gasteiger partial charge in [0.05, 0.1) is 6.61 Å². The molecule has 0 aromatic heterocycles. The predicted octanol–water partition coefficient (Wildman–Crippen LogP) is 3.74. The van der Waals surface area contributed by atoms with Crippen molar-refractivity contribution in [3.05, 3.63) is 48.0 Å². The van der Waals surface area contributed by atoms with Crippen LogP contribution in [0.3, 0.4) is 0 Å². The number of hydrogen-bond acceptors (Lipinski definition) is 3. The summed E-state index contributed by atoms with van der Waals surface area (Å²) in [4.78, 5) is 17.9. The average molecular weight is 496 g/mol. The van der Waals surface area contributed by atoms with Crippen molar-refractivity contribution in [3.63, 3.8) is 0 Å². The van der Waals surface area contributed by atoms with E-state index in [0.29, 0.717) is 32.3 Å². The fourth-order valence-corrected chi connectivity index (χ4v) is 3.43. The number of carbonyl (C=O) groups is 1. The molecule has 2 aromatic rings. The number of benzene rings is 2. The zero-order chi connectivity index (χ0) is 19.1. The maximum Gasteiger partial charge on any atom is 0.409 e. The first-order valence-electron chi connectivity index (χ1n) is 9.56. The minimum Gasteiger partial charge on any atom is -0.450 e. The van der Waals surface area contributed by atoms with Gasteiger partial charge in [0.2, 0.25) is 0 Å². The van der Waals surface area contributed by atoms with Crippen molar-refractivity contribution >= 4 is 46.8 Å². The van der Waals surface area contributed by atoms with Crippen LogP contribution in [-0.2, 0) is 11.3 Å². The Labute approximate surface area is 183 Å². The number of likely N-dealkylation sites (tertiary alicyclic amines) is 1. The van der Waals surface area contributed by atoms with Gasteiger partial charge in [-0.25, -0.2) is 4.79 Å². The minimum atomic E-state index is -0.214. The Balaban J connectivity index is 0.00000280. The molecule has 2 N–H and O–H groups in total. The van der Waals surface area contributed by atoms with Crippen molar-refractivity contribution in [2.45, 2.75) is 32.4 Å². The van der Waals surface area contributed by atoms with Gasteiger partial charge in [-0.05, 0) is 36.1 Å². The van der Waals surface area contributed by atoms with E-state index in [0.717, 1.165) is 18.8 Å². The van der Waals surface area contributed by atoms with E-state index in [4.69, 9.17) is 4.74 Å². The van der Waals surface area contributed by atoms with Gasteiger partial charge in [-0.2, -0.15) is 0 Å². The fourth-order valence-electron chi connectivity index (χ4n) is 3.43. The van der Waals surface area contributed by atoms with E-state index in [1.807, 2.05) is 6.92 Å². The number of guanidine groups is 1. The van der Waals surface area contributed by atoms with Gasteiger partial charge in [0.1, 0.15) is 0 Å². The van der Waals surface area contributed by atoms with Crippen LogP contribution in [0.4, 0.5) is 4.79 Å². The number of carbonyl (C=O) groups excluding carboxylic acids is 1. The molecule has 1 aliphatic rings. The molecule has 1 aliphatic heterocycles. The van der Waals surface area contributed by atoms with Crippen LogP contribution in [0.15, 0.2) is 47.5 Å². The van der Waals surface area contributed by atoms with Crippen molar-refractivity contribution in [2.24, 2.45) is 4.99 Å². The molecule has 0 aliphatic carbocycles. The molecule has 2 aromatic carbocycles. The third-order valence-electron chi connectivity index (χ3n) is 4.91. The van der Waals surface area contributed by atoms with E-state index in [9.17, 15) is 4.79 Å². The van der Waals surface area contributed by atoms with Crippen molar-refractivity contribution in [1.82, 2.24) is 15.5 Å². The smallest absolute Gasteiger partial charge is 0.409 e. The number of ether oxygens (including phenoxy) is 1. The topological polar surface area (TPSA) is 66.0 Å². The number of fused-ring (bicyclic) bond motifs is 1. The molecule has 1 heterocycles. The molecular formula is C21H29IN4O2. The first kappa shape index (κ1) is 22.3. The zero-order valence-corrected chi connectivity index (χ0v) is 18.8. The highest BCUT2D eigenvalue weighted by Gasteiger charge is 2.24. The quantitative estimate of drug-likeness (QED) is 0.385. The van der Waals surface area contributed by atoms with Crippen LogP contribution in [0.1, 0.15) is 25.3 Å². The summed E-state index contributed by atoms with van der Waals surface area (Å²) in [6.07, 6.45) is 1.55. The van der Waals surface area contributed by atoms with Crippen LogP contribution in [0.2, 0.25) is 0 Å². The number of nitrogens with one attached hydrogen (secondary N) is 2. The van der Waals surface area contributed by atoms with Crippen molar-refractivity contribution < 1.29 is 9.53 Å². The summed E-state index contributed by atoms with van der Waals surface area (Å²) < 4.78 is 5.07. The van der Waals surface area contributed by atoms with Gasteiger partial charge in [-0.15, -0.1) is 24.0 Å². The summed E-state index contributed by atoms with van der Waals surface area (Å²) in [7, 11) is 1.78. The summed E-state index contributed by atoms with van der Waals surface area (Å²) in [5.41, 5.74) is 1.24. The van der Waals surface area contributed by atoms with E-state index in [2.05, 4.69) is 58.1 Å². The highest BCUT2D eigenvalue weighted by molar-refractivity contribution is 14.0. The molecule has 6 nitrogen and oxygen atoms in total. The number of amides is 1. The maximum atomic E-state index is 11.8. The number of rotatable bonds is 4. The Morgan fingerprint density at radius 3 is 2.61 bits per heavy atom. The lowest BCUT2D eigenvalue weighted by Gasteiger charge is -2.32. The Morgan fingerprint density at radius 1 is 1.18 bits per heavy atom. The van der Waals surface area contributed by atoms with Crippen LogP contribution in [0, 0.1) is 0 Å². The Hall–Kier alpha value is -2.03. The third kappa shape index (κ3) is 5.73. The lowest BCUT2D eigenvalue weighted by atomic mass is 10.0. The zero-order valence-electron chi connectivity index (χ0n) is 16.5. The largest absolute Gasteiger partial charge is 0.450 e. The van der Waals surface area contributed by atoms with Crippen LogP contribution in [0.25, 0.3) is 10.8 Å². The lowest BCUT2D eigenvalue weighted by Crippen LogP contribution is -2.49. The fraction of sp³-hybridized carbons (Fsp3) is 0.429. The van der Waals surface area contributed by atoms with Gasteiger partial charge in [-0.1, -0.05) is 42.5 Å². The molecule has 0 atom stereocenters. The summed E-state index contributed by atoms with van der Waals surface area (Å²) in [5, 5.41) is 9.39. The van der Waals surface area contributed by atoms with Crippen LogP contribution in [0.5, 0.6) is 0 Å². The monoisotopic (exact) mass is 496 g/mol. The van der Waals surface area contributed by atoms with Crippen molar-refractivity contribution in [1.29, 1.82) is 0 Å². The molecule has 0 saturated carbocycles. The van der Waals surface area contributed by atoms with E-state index in [1.165, 1.54) is 16.3 Å². The molecule has 1 saturated heterocycles. The molecule has 7 heteroatoms. The van der Waals surface area contributed by atoms with E-state index in [1.54, 1.807) is 11.9 Å². The number of halogens is 1. The molecule has 3 rings (SSSR count). The van der Waals surface area contributed by atoms with Gasteiger partial charge in [0.15, 0.2) is 5.96 Å². The number of hydrogen-bond donors (Lipinski definition) is 2. The van der Waals surface area contributed by atoms with E-state index < -0.39 is 0 Å². The maximum absolute atomic E-state index is 11.8. The Bertz CT molecular complexity index is 799.